The molecule has 2 N–H and O–H groups in total. The van der Waals surface area contributed by atoms with Gasteiger partial charge in [-0.1, -0.05) is 6.07 Å². The van der Waals surface area contributed by atoms with E-state index in [0.717, 1.165) is 18.4 Å². The molecule has 1 aliphatic heterocycles. The Morgan fingerprint density at radius 1 is 1.42 bits per heavy atom. The molecule has 0 saturated heterocycles. The van der Waals surface area contributed by atoms with Gasteiger partial charge in [0, 0.05) is 19.2 Å². The fourth-order valence-electron chi connectivity index (χ4n) is 2.63. The van der Waals surface area contributed by atoms with E-state index in [0.29, 0.717) is 25.3 Å². The van der Waals surface area contributed by atoms with E-state index < -0.39 is 11.7 Å². The molecule has 0 aromatic heterocycles. The summed E-state index contributed by atoms with van der Waals surface area (Å²) >= 11 is 0. The molecule has 1 atom stereocenters. The summed E-state index contributed by atoms with van der Waals surface area (Å²) in [4.78, 5) is 13.9. The van der Waals surface area contributed by atoms with Gasteiger partial charge in [0.15, 0.2) is 0 Å². The van der Waals surface area contributed by atoms with Crippen molar-refractivity contribution in [3.8, 4) is 11.5 Å². The molecular formula is C18H27NO5. The first-order chi connectivity index (χ1) is 11.3. The second-order valence-corrected chi connectivity index (χ2v) is 7.07. The summed E-state index contributed by atoms with van der Waals surface area (Å²) in [5.41, 5.74) is 0.489. The lowest BCUT2D eigenvalue weighted by atomic mass is 10.0. The number of hydrogen-bond donors (Lipinski definition) is 2. The third kappa shape index (κ3) is 5.30. The molecule has 2 rings (SSSR count). The zero-order valence-electron chi connectivity index (χ0n) is 14.6. The van der Waals surface area contributed by atoms with Crippen molar-refractivity contribution in [3.05, 3.63) is 23.8 Å². The van der Waals surface area contributed by atoms with Crippen LogP contribution in [-0.4, -0.2) is 52.6 Å². The van der Waals surface area contributed by atoms with E-state index in [2.05, 4.69) is 0 Å². The number of aryl methyl sites for hydroxylation is 1. The van der Waals surface area contributed by atoms with Crippen LogP contribution in [0.15, 0.2) is 18.2 Å². The fourth-order valence-corrected chi connectivity index (χ4v) is 2.63. The van der Waals surface area contributed by atoms with E-state index in [1.807, 2.05) is 26.8 Å². The SMILES string of the molecule is CC(C)(C)OC(=O)N(CCCO)CC1CCc2ccc(O)cc2O1. The van der Waals surface area contributed by atoms with Gasteiger partial charge in [0.1, 0.15) is 23.2 Å². The second-order valence-electron chi connectivity index (χ2n) is 7.07. The summed E-state index contributed by atoms with van der Waals surface area (Å²) in [5.74, 6) is 0.830. The Bertz CT molecular complexity index is 567. The first-order valence-electron chi connectivity index (χ1n) is 8.36. The van der Waals surface area contributed by atoms with Gasteiger partial charge in [0.2, 0.25) is 0 Å². The van der Waals surface area contributed by atoms with E-state index >= 15 is 0 Å². The maximum absolute atomic E-state index is 12.4. The molecule has 0 saturated carbocycles. The molecule has 0 aliphatic carbocycles. The van der Waals surface area contributed by atoms with Gasteiger partial charge >= 0.3 is 6.09 Å². The number of hydrogen-bond acceptors (Lipinski definition) is 5. The van der Waals surface area contributed by atoms with Gasteiger partial charge in [-0.05, 0) is 51.7 Å². The molecule has 0 radical (unpaired) electrons. The van der Waals surface area contributed by atoms with Gasteiger partial charge in [-0.15, -0.1) is 0 Å². The highest BCUT2D eigenvalue weighted by Crippen LogP contribution is 2.31. The van der Waals surface area contributed by atoms with Crippen LogP contribution in [-0.2, 0) is 11.2 Å². The summed E-state index contributed by atoms with van der Waals surface area (Å²) in [5, 5.41) is 18.7. The van der Waals surface area contributed by atoms with Crippen LogP contribution in [0.5, 0.6) is 11.5 Å². The van der Waals surface area contributed by atoms with E-state index in [-0.39, 0.29) is 18.5 Å². The molecule has 1 aromatic carbocycles. The lowest BCUT2D eigenvalue weighted by Gasteiger charge is -2.32. The minimum atomic E-state index is -0.569. The lowest BCUT2D eigenvalue weighted by molar-refractivity contribution is 0.0142. The molecule has 24 heavy (non-hydrogen) atoms. The molecule has 6 heteroatoms. The maximum atomic E-state index is 12.4. The largest absolute Gasteiger partial charge is 0.508 e. The van der Waals surface area contributed by atoms with Crippen molar-refractivity contribution >= 4 is 6.09 Å². The number of carbonyl (C=O) groups is 1. The molecular weight excluding hydrogens is 310 g/mol. The number of nitrogens with zero attached hydrogens (tertiary/aromatic N) is 1. The molecule has 134 valence electrons. The van der Waals surface area contributed by atoms with Gasteiger partial charge < -0.3 is 24.6 Å². The molecule has 1 aromatic rings. The number of benzene rings is 1. The number of rotatable bonds is 5. The number of aliphatic hydroxyl groups excluding tert-OH is 1. The van der Waals surface area contributed by atoms with Crippen LogP contribution in [0.2, 0.25) is 0 Å². The van der Waals surface area contributed by atoms with E-state index in [1.165, 1.54) is 0 Å². The minimum Gasteiger partial charge on any atom is -0.508 e. The zero-order valence-corrected chi connectivity index (χ0v) is 14.6. The van der Waals surface area contributed by atoms with E-state index in [1.54, 1.807) is 17.0 Å². The Morgan fingerprint density at radius 2 is 2.17 bits per heavy atom. The Labute approximate surface area is 143 Å². The minimum absolute atomic E-state index is 0.0154. The Kier molecular flexibility index (Phi) is 5.94. The van der Waals surface area contributed by atoms with Crippen LogP contribution in [0, 0.1) is 0 Å². The number of phenols is 1. The van der Waals surface area contributed by atoms with Crippen LogP contribution in [0.4, 0.5) is 4.79 Å². The number of fused-ring (bicyclic) bond motifs is 1. The van der Waals surface area contributed by atoms with Gasteiger partial charge in [0.25, 0.3) is 0 Å². The van der Waals surface area contributed by atoms with Crippen LogP contribution in [0.25, 0.3) is 0 Å². The van der Waals surface area contributed by atoms with Crippen molar-refractivity contribution in [2.45, 2.75) is 51.7 Å². The highest BCUT2D eigenvalue weighted by Gasteiger charge is 2.27. The molecule has 0 fully saturated rings. The summed E-state index contributed by atoms with van der Waals surface area (Å²) in [6.07, 6.45) is 1.55. The van der Waals surface area contributed by atoms with Crippen LogP contribution in [0.3, 0.4) is 0 Å². The Balaban J connectivity index is 2.02. The molecule has 1 unspecified atom stereocenters. The van der Waals surface area contributed by atoms with Crippen molar-refractivity contribution in [2.24, 2.45) is 0 Å². The molecule has 6 nitrogen and oxygen atoms in total. The van der Waals surface area contributed by atoms with Crippen molar-refractivity contribution in [3.63, 3.8) is 0 Å². The smallest absolute Gasteiger partial charge is 0.410 e. The Hall–Kier alpha value is -1.95. The van der Waals surface area contributed by atoms with Crippen molar-refractivity contribution in [1.82, 2.24) is 4.90 Å². The number of carbonyl (C=O) groups excluding carboxylic acids is 1. The van der Waals surface area contributed by atoms with Gasteiger partial charge in [-0.3, -0.25) is 0 Å². The standard InChI is InChI=1S/C18H27NO5/c1-18(2,3)24-17(22)19(9-4-10-20)12-15-8-6-13-5-7-14(21)11-16(13)23-15/h5,7,11,15,20-21H,4,6,8-10,12H2,1-3H3. The molecule has 1 amide bonds. The molecule has 1 aliphatic rings. The van der Waals surface area contributed by atoms with Crippen molar-refractivity contribution < 1.29 is 24.5 Å². The van der Waals surface area contributed by atoms with E-state index in [4.69, 9.17) is 14.6 Å². The van der Waals surface area contributed by atoms with Crippen molar-refractivity contribution in [1.29, 1.82) is 0 Å². The third-order valence-electron chi connectivity index (χ3n) is 3.74. The first kappa shape index (κ1) is 18.4. The summed E-state index contributed by atoms with van der Waals surface area (Å²) in [7, 11) is 0. The predicted octanol–water partition coefficient (Wildman–Crippen LogP) is 2.71. The predicted molar refractivity (Wildman–Crippen MR) is 90.4 cm³/mol. The van der Waals surface area contributed by atoms with Gasteiger partial charge in [-0.2, -0.15) is 0 Å². The summed E-state index contributed by atoms with van der Waals surface area (Å²) in [6.45, 7) is 6.30. The lowest BCUT2D eigenvalue weighted by Crippen LogP contribution is -2.44. The quantitative estimate of drug-likeness (QED) is 0.863. The van der Waals surface area contributed by atoms with E-state index in [9.17, 15) is 9.90 Å². The monoisotopic (exact) mass is 337 g/mol. The highest BCUT2D eigenvalue weighted by molar-refractivity contribution is 5.68. The highest BCUT2D eigenvalue weighted by atomic mass is 16.6. The summed E-state index contributed by atoms with van der Waals surface area (Å²) in [6, 6.07) is 5.11. The zero-order chi connectivity index (χ0) is 17.7. The number of aliphatic hydroxyl groups is 1. The number of phenolic OH excluding ortho intramolecular Hbond substituents is 1. The summed E-state index contributed by atoms with van der Waals surface area (Å²) < 4.78 is 11.4. The number of amides is 1. The average Bonchev–Trinajstić information content (AvgIpc) is 2.49. The molecule has 0 spiro atoms. The van der Waals surface area contributed by atoms with Crippen molar-refractivity contribution in [2.75, 3.05) is 19.7 Å². The molecule has 0 bridgehead atoms. The van der Waals surface area contributed by atoms with Gasteiger partial charge in [0.05, 0.1) is 6.54 Å². The average molecular weight is 337 g/mol. The number of ether oxygens (including phenoxy) is 2. The topological polar surface area (TPSA) is 79.2 Å². The fraction of sp³-hybridized carbons (Fsp3) is 0.611. The number of aromatic hydroxyl groups is 1. The van der Waals surface area contributed by atoms with Gasteiger partial charge in [-0.25, -0.2) is 4.79 Å². The van der Waals surface area contributed by atoms with Crippen LogP contribution in [0.1, 0.15) is 39.2 Å². The van der Waals surface area contributed by atoms with Crippen LogP contribution >= 0.6 is 0 Å². The normalized spacial score (nSPS) is 16.9. The second kappa shape index (κ2) is 7.75. The first-order valence-corrected chi connectivity index (χ1v) is 8.36. The van der Waals surface area contributed by atoms with Crippen LogP contribution < -0.4 is 4.74 Å². The maximum Gasteiger partial charge on any atom is 0.410 e. The molecule has 1 heterocycles. The Morgan fingerprint density at radius 3 is 2.83 bits per heavy atom. The third-order valence-corrected chi connectivity index (χ3v) is 3.74.